The lowest BCUT2D eigenvalue weighted by Gasteiger charge is -2.36. The molecule has 2 aromatic rings. The van der Waals surface area contributed by atoms with Gasteiger partial charge in [-0.1, -0.05) is 32.9 Å². The molecule has 2 heterocycles. The number of nitrogens with zero attached hydrogens (tertiary/aromatic N) is 2. The molecule has 3 fully saturated rings. The molecule has 0 spiro atoms. The summed E-state index contributed by atoms with van der Waals surface area (Å²) in [5.74, 6) is -2.01. The van der Waals surface area contributed by atoms with Crippen LogP contribution in [-0.4, -0.2) is 89.2 Å². The molecule has 1 aromatic heterocycles. The standard InChI is InChI=1S/C35H47N5O10S/c1-20-12-14-35(18-20,31(44)39-51(46,47)50-23-9-10-23)38-28(42)26-17-24(48-29-25-11-8-22(41)16-21(25)13-15-36-29)19-40(26)30(43)27(33(2,3)4)37-32(45)49-34(5,6)7/h8,11,13,15-16,23-24,26-27,41H,1,9-10,12,14,17-19H2,2-7H3,(H,37,45)(H,38,42)(H,39,44)/t24-,26+,27-,35-/m1/s1. The molecule has 4 atom stereocenters. The summed E-state index contributed by atoms with van der Waals surface area (Å²) >= 11 is 0. The first-order chi connectivity index (χ1) is 23.6. The topological polar surface area (TPSA) is 203 Å². The van der Waals surface area contributed by atoms with Crippen molar-refractivity contribution in [3.8, 4) is 11.6 Å². The fourth-order valence-corrected chi connectivity index (χ4v) is 7.27. The summed E-state index contributed by atoms with van der Waals surface area (Å²) in [4.78, 5) is 60.9. The number of pyridine rings is 1. The van der Waals surface area contributed by atoms with E-state index in [0.717, 1.165) is 0 Å². The minimum absolute atomic E-state index is 0.0261. The van der Waals surface area contributed by atoms with Crippen molar-refractivity contribution >= 4 is 44.9 Å². The highest BCUT2D eigenvalue weighted by atomic mass is 32.2. The van der Waals surface area contributed by atoms with Crippen LogP contribution in [0.15, 0.2) is 42.6 Å². The van der Waals surface area contributed by atoms with Gasteiger partial charge in [0.1, 0.15) is 35.1 Å². The maximum atomic E-state index is 14.4. The van der Waals surface area contributed by atoms with E-state index < -0.39 is 75.0 Å². The van der Waals surface area contributed by atoms with Crippen LogP contribution in [0.3, 0.4) is 0 Å². The predicted octanol–water partition coefficient (Wildman–Crippen LogP) is 3.36. The average molecular weight is 730 g/mol. The van der Waals surface area contributed by atoms with Crippen molar-refractivity contribution in [2.75, 3.05) is 6.54 Å². The molecular weight excluding hydrogens is 682 g/mol. The monoisotopic (exact) mass is 729 g/mol. The number of phenols is 1. The van der Waals surface area contributed by atoms with E-state index in [2.05, 4.69) is 22.2 Å². The van der Waals surface area contributed by atoms with Crippen LogP contribution in [0.5, 0.6) is 11.6 Å². The van der Waals surface area contributed by atoms with Crippen LogP contribution >= 0.6 is 0 Å². The van der Waals surface area contributed by atoms with Gasteiger partial charge < -0.3 is 30.1 Å². The molecule has 0 radical (unpaired) electrons. The third kappa shape index (κ3) is 9.27. The minimum atomic E-state index is -4.45. The highest BCUT2D eigenvalue weighted by Crippen LogP contribution is 2.36. The first-order valence-corrected chi connectivity index (χ1v) is 18.3. The number of aromatic nitrogens is 1. The quantitative estimate of drug-likeness (QED) is 0.261. The fraction of sp³-hybridized carbons (Fsp3) is 0.571. The number of fused-ring (bicyclic) bond motifs is 1. The minimum Gasteiger partial charge on any atom is -0.508 e. The Morgan fingerprint density at radius 1 is 1.08 bits per heavy atom. The summed E-state index contributed by atoms with van der Waals surface area (Å²) in [6.07, 6.45) is 0.897. The van der Waals surface area contributed by atoms with E-state index in [0.29, 0.717) is 35.6 Å². The van der Waals surface area contributed by atoms with Crippen LogP contribution in [0, 0.1) is 5.41 Å². The van der Waals surface area contributed by atoms with E-state index >= 15 is 0 Å². The highest BCUT2D eigenvalue weighted by Gasteiger charge is 2.51. The largest absolute Gasteiger partial charge is 0.508 e. The number of hydrogen-bond donors (Lipinski definition) is 4. The van der Waals surface area contributed by atoms with Crippen molar-refractivity contribution in [1.29, 1.82) is 0 Å². The number of benzene rings is 1. The molecule has 15 nitrogen and oxygen atoms in total. The highest BCUT2D eigenvalue weighted by molar-refractivity contribution is 7.85. The van der Waals surface area contributed by atoms with Crippen molar-refractivity contribution in [3.05, 3.63) is 42.6 Å². The summed E-state index contributed by atoms with van der Waals surface area (Å²) in [6.45, 7) is 14.2. The van der Waals surface area contributed by atoms with Gasteiger partial charge in [0, 0.05) is 24.4 Å². The van der Waals surface area contributed by atoms with Gasteiger partial charge in [-0.15, -0.1) is 0 Å². The molecule has 3 aliphatic rings. The van der Waals surface area contributed by atoms with Gasteiger partial charge in [0.05, 0.1) is 12.6 Å². The van der Waals surface area contributed by atoms with Gasteiger partial charge in [0.25, 0.3) is 5.91 Å². The van der Waals surface area contributed by atoms with Crippen LogP contribution < -0.4 is 20.1 Å². The van der Waals surface area contributed by atoms with Gasteiger partial charge in [-0.3, -0.25) is 18.6 Å². The zero-order valence-corrected chi connectivity index (χ0v) is 30.6. The van der Waals surface area contributed by atoms with Crippen LogP contribution in [0.2, 0.25) is 0 Å². The van der Waals surface area contributed by atoms with Gasteiger partial charge in [-0.2, -0.15) is 8.42 Å². The number of ether oxygens (including phenoxy) is 2. The molecule has 5 rings (SSSR count). The summed E-state index contributed by atoms with van der Waals surface area (Å²) < 4.78 is 43.9. The molecule has 2 aliphatic carbocycles. The SMILES string of the molecule is C=C1CC[C@](NC(=O)[C@@H]2C[C@@H](Oc3nccc4cc(O)ccc34)CN2C(=O)[C@@H](NC(=O)OC(C)(C)C)C(C)(C)C)(C(=O)NS(=O)(=O)OC2CC2)C1. The van der Waals surface area contributed by atoms with Gasteiger partial charge in [-0.05, 0) is 81.5 Å². The second-order valence-corrected chi connectivity index (χ2v) is 16.9. The van der Waals surface area contributed by atoms with E-state index in [1.54, 1.807) is 59.7 Å². The maximum Gasteiger partial charge on any atom is 0.408 e. The van der Waals surface area contributed by atoms with Crippen LogP contribution in [0.25, 0.3) is 10.8 Å². The number of likely N-dealkylation sites (tertiary alicyclic amines) is 1. The molecule has 2 saturated carbocycles. The maximum absolute atomic E-state index is 14.4. The van der Waals surface area contributed by atoms with Crippen LogP contribution in [0.1, 0.15) is 80.1 Å². The Kier molecular flexibility index (Phi) is 10.3. The fourth-order valence-electron chi connectivity index (χ4n) is 6.25. The molecule has 0 bridgehead atoms. The smallest absolute Gasteiger partial charge is 0.408 e. The Labute approximate surface area is 297 Å². The number of alkyl carbamates (subject to hydrolysis) is 1. The molecule has 0 unspecified atom stereocenters. The number of carbonyl (C=O) groups is 4. The first-order valence-electron chi connectivity index (χ1n) is 16.9. The number of amides is 4. The lowest BCUT2D eigenvalue weighted by Crippen LogP contribution is -2.63. The van der Waals surface area contributed by atoms with Gasteiger partial charge in [0.15, 0.2) is 0 Å². The van der Waals surface area contributed by atoms with Gasteiger partial charge in [-0.25, -0.2) is 14.5 Å². The number of nitrogens with one attached hydrogen (secondary N) is 3. The third-order valence-corrected chi connectivity index (χ3v) is 9.83. The Balaban J connectivity index is 1.45. The van der Waals surface area contributed by atoms with E-state index in [-0.39, 0.29) is 37.4 Å². The molecule has 1 saturated heterocycles. The second kappa shape index (κ2) is 13.9. The zero-order valence-electron chi connectivity index (χ0n) is 29.8. The Hall–Kier alpha value is -4.44. The van der Waals surface area contributed by atoms with Crippen molar-refractivity contribution in [1.82, 2.24) is 25.2 Å². The molecule has 1 aromatic carbocycles. The summed E-state index contributed by atoms with van der Waals surface area (Å²) in [7, 11) is -4.45. The van der Waals surface area contributed by atoms with Crippen LogP contribution in [0.4, 0.5) is 4.79 Å². The molecule has 16 heteroatoms. The first kappa shape index (κ1) is 37.8. The molecule has 51 heavy (non-hydrogen) atoms. The number of carbonyl (C=O) groups excluding carboxylic acids is 4. The molecular formula is C35H47N5O10S. The zero-order chi connectivity index (χ0) is 37.5. The molecule has 4 N–H and O–H groups in total. The van der Waals surface area contributed by atoms with Gasteiger partial charge >= 0.3 is 16.4 Å². The number of hydrogen-bond acceptors (Lipinski definition) is 11. The van der Waals surface area contributed by atoms with Crippen molar-refractivity contribution < 1.29 is 46.4 Å². The molecule has 278 valence electrons. The summed E-state index contributed by atoms with van der Waals surface area (Å²) in [6, 6.07) is 4.04. The second-order valence-electron chi connectivity index (χ2n) is 15.6. The lowest BCUT2D eigenvalue weighted by molar-refractivity contribution is -0.143. The molecule has 1 aliphatic heterocycles. The Morgan fingerprint density at radius 3 is 2.39 bits per heavy atom. The predicted molar refractivity (Wildman–Crippen MR) is 186 cm³/mol. The normalized spacial score (nSPS) is 23.1. The van der Waals surface area contributed by atoms with E-state index in [9.17, 15) is 32.7 Å². The Bertz CT molecular complexity index is 1830. The number of rotatable bonds is 10. The number of phenolic OH excluding ortho intramolecular Hbond substituents is 1. The van der Waals surface area contributed by atoms with Gasteiger partial charge in [0.2, 0.25) is 17.7 Å². The van der Waals surface area contributed by atoms with E-state index in [1.807, 2.05) is 4.72 Å². The molecule has 4 amide bonds. The number of aromatic hydroxyl groups is 1. The van der Waals surface area contributed by atoms with Crippen molar-refractivity contribution in [3.63, 3.8) is 0 Å². The average Bonchev–Trinajstić information content (AvgIpc) is 3.56. The summed E-state index contributed by atoms with van der Waals surface area (Å²) in [5, 5.41) is 16.7. The lowest BCUT2D eigenvalue weighted by atomic mass is 9.85. The summed E-state index contributed by atoms with van der Waals surface area (Å²) in [5.41, 5.74) is -2.73. The van der Waals surface area contributed by atoms with E-state index in [4.69, 9.17) is 13.7 Å². The van der Waals surface area contributed by atoms with Crippen molar-refractivity contribution in [2.24, 2.45) is 5.41 Å². The Morgan fingerprint density at radius 2 is 1.78 bits per heavy atom. The third-order valence-electron chi connectivity index (χ3n) is 8.87. The van der Waals surface area contributed by atoms with Crippen LogP contribution in [-0.2, 0) is 33.6 Å². The van der Waals surface area contributed by atoms with E-state index in [1.165, 1.54) is 17.2 Å². The van der Waals surface area contributed by atoms with Crippen molar-refractivity contribution in [2.45, 2.75) is 115 Å².